The number of carbonyl (C=O) groups excluding carboxylic acids is 3. The van der Waals surface area contributed by atoms with Crippen molar-refractivity contribution in [3.8, 4) is 11.4 Å². The molecule has 0 saturated heterocycles. The van der Waals surface area contributed by atoms with Crippen LogP contribution in [0.2, 0.25) is 0 Å². The molecule has 0 bridgehead atoms. The summed E-state index contributed by atoms with van der Waals surface area (Å²) in [6, 6.07) is 11.9. The minimum atomic E-state index is -4.90. The van der Waals surface area contributed by atoms with E-state index in [1.807, 2.05) is 0 Å². The fourth-order valence-corrected chi connectivity index (χ4v) is 4.27. The van der Waals surface area contributed by atoms with Gasteiger partial charge in [-0.05, 0) is 43.5 Å². The molecule has 1 fully saturated rings. The van der Waals surface area contributed by atoms with Crippen molar-refractivity contribution in [2.75, 3.05) is 6.61 Å². The second kappa shape index (κ2) is 8.81. The molecular weight excluding hydrogens is 479 g/mol. The highest BCUT2D eigenvalue weighted by atomic mass is 19.4. The van der Waals surface area contributed by atoms with Crippen molar-refractivity contribution >= 4 is 17.8 Å². The van der Waals surface area contributed by atoms with Gasteiger partial charge in [0, 0.05) is 17.5 Å². The minimum absolute atomic E-state index is 0.0106. The molecule has 0 spiro atoms. The molecule has 5 rings (SSSR count). The van der Waals surface area contributed by atoms with Gasteiger partial charge in [-0.2, -0.15) is 5.10 Å². The van der Waals surface area contributed by atoms with Gasteiger partial charge in [-0.15, -0.1) is 13.2 Å². The molecule has 36 heavy (non-hydrogen) atoms. The van der Waals surface area contributed by atoms with Gasteiger partial charge in [-0.3, -0.25) is 14.5 Å². The molecule has 0 N–H and O–H groups in total. The predicted octanol–water partition coefficient (Wildman–Crippen LogP) is 4.62. The Bertz CT molecular complexity index is 1380. The van der Waals surface area contributed by atoms with Crippen LogP contribution in [0.1, 0.15) is 68.1 Å². The Morgan fingerprint density at radius 3 is 2.53 bits per heavy atom. The van der Waals surface area contributed by atoms with Crippen molar-refractivity contribution in [1.82, 2.24) is 14.7 Å². The van der Waals surface area contributed by atoms with Gasteiger partial charge in [0.05, 0.1) is 24.5 Å². The second-order valence-electron chi connectivity index (χ2n) is 8.41. The highest BCUT2D eigenvalue weighted by molar-refractivity contribution is 6.15. The van der Waals surface area contributed by atoms with Gasteiger partial charge in [0.1, 0.15) is 11.3 Å². The monoisotopic (exact) mass is 499 g/mol. The van der Waals surface area contributed by atoms with Crippen LogP contribution in [-0.4, -0.2) is 45.4 Å². The van der Waals surface area contributed by atoms with Crippen molar-refractivity contribution in [3.05, 3.63) is 76.6 Å². The average Bonchev–Trinajstić information content (AvgIpc) is 3.51. The van der Waals surface area contributed by atoms with E-state index in [1.54, 1.807) is 31.2 Å². The Morgan fingerprint density at radius 2 is 1.86 bits per heavy atom. The third kappa shape index (κ3) is 4.32. The van der Waals surface area contributed by atoms with E-state index in [4.69, 9.17) is 4.74 Å². The smallest absolute Gasteiger partial charge is 0.462 e. The molecule has 0 atom stereocenters. The quantitative estimate of drug-likeness (QED) is 0.363. The van der Waals surface area contributed by atoms with E-state index in [-0.39, 0.29) is 36.0 Å². The second-order valence-corrected chi connectivity index (χ2v) is 8.41. The van der Waals surface area contributed by atoms with Gasteiger partial charge in [0.25, 0.3) is 11.8 Å². The summed E-state index contributed by atoms with van der Waals surface area (Å²) in [5.41, 5.74) is 1.17. The SMILES string of the molecule is CCOC(=O)c1c(C(=O)N2Cc3ccccc3C2=O)nn(-c2cccc(OC(F)(F)F)c2)c1C1CC1. The first-order valence-electron chi connectivity index (χ1n) is 11.3. The number of hydrogen-bond acceptors (Lipinski definition) is 6. The molecule has 8 nitrogen and oxygen atoms in total. The lowest BCUT2D eigenvalue weighted by Gasteiger charge is -2.13. The number of ether oxygens (including phenoxy) is 2. The number of esters is 1. The van der Waals surface area contributed by atoms with Gasteiger partial charge in [0.15, 0.2) is 5.69 Å². The standard InChI is InChI=1S/C25H20F3N3O5/c1-2-35-24(34)19-20(23(33)30-13-15-6-3-4-9-18(15)22(30)32)29-31(21(19)14-10-11-14)16-7-5-8-17(12-16)36-25(26,27)28/h3-9,12,14H,2,10-11,13H2,1H3. The zero-order valence-electron chi connectivity index (χ0n) is 19.0. The number of halogens is 3. The van der Waals surface area contributed by atoms with Gasteiger partial charge in [0.2, 0.25) is 0 Å². The number of aromatic nitrogens is 2. The van der Waals surface area contributed by atoms with Crippen LogP contribution in [0.5, 0.6) is 5.75 Å². The highest BCUT2D eigenvalue weighted by Crippen LogP contribution is 2.44. The van der Waals surface area contributed by atoms with Crippen LogP contribution in [0, 0.1) is 0 Å². The van der Waals surface area contributed by atoms with E-state index in [9.17, 15) is 27.6 Å². The number of hydrogen-bond donors (Lipinski definition) is 0. The van der Waals surface area contributed by atoms with Gasteiger partial charge >= 0.3 is 12.3 Å². The molecule has 1 aliphatic heterocycles. The Kier molecular flexibility index (Phi) is 5.77. The van der Waals surface area contributed by atoms with E-state index in [2.05, 4.69) is 9.84 Å². The normalized spacial score (nSPS) is 15.1. The van der Waals surface area contributed by atoms with Gasteiger partial charge < -0.3 is 9.47 Å². The van der Waals surface area contributed by atoms with E-state index in [1.165, 1.54) is 16.8 Å². The summed E-state index contributed by atoms with van der Waals surface area (Å²) in [5, 5.41) is 4.36. The van der Waals surface area contributed by atoms with Crippen molar-refractivity contribution in [2.45, 2.75) is 38.6 Å². The van der Waals surface area contributed by atoms with Gasteiger partial charge in [-0.25, -0.2) is 9.48 Å². The highest BCUT2D eigenvalue weighted by Gasteiger charge is 2.41. The summed E-state index contributed by atoms with van der Waals surface area (Å²) >= 11 is 0. The maximum Gasteiger partial charge on any atom is 0.573 e. The molecule has 1 aromatic heterocycles. The zero-order valence-corrected chi connectivity index (χ0v) is 19.0. The third-order valence-corrected chi connectivity index (χ3v) is 5.93. The molecule has 0 radical (unpaired) electrons. The number of carbonyl (C=O) groups is 3. The molecule has 2 aliphatic rings. The summed E-state index contributed by atoms with van der Waals surface area (Å²) in [6.45, 7) is 1.65. The Morgan fingerprint density at radius 1 is 1.11 bits per heavy atom. The predicted molar refractivity (Wildman–Crippen MR) is 119 cm³/mol. The maximum absolute atomic E-state index is 13.6. The van der Waals surface area contributed by atoms with Crippen LogP contribution in [0.15, 0.2) is 48.5 Å². The van der Waals surface area contributed by atoms with Crippen LogP contribution in [0.25, 0.3) is 5.69 Å². The fourth-order valence-electron chi connectivity index (χ4n) is 4.27. The number of alkyl halides is 3. The van der Waals surface area contributed by atoms with Crippen LogP contribution in [0.4, 0.5) is 13.2 Å². The topological polar surface area (TPSA) is 90.7 Å². The Labute approximate surface area is 203 Å². The molecule has 11 heteroatoms. The molecule has 186 valence electrons. The molecular formula is C25H20F3N3O5. The zero-order chi connectivity index (χ0) is 25.6. The summed E-state index contributed by atoms with van der Waals surface area (Å²) in [4.78, 5) is 40.6. The number of fused-ring (bicyclic) bond motifs is 1. The van der Waals surface area contributed by atoms with Crippen LogP contribution in [0.3, 0.4) is 0 Å². The molecule has 3 aromatic rings. The molecule has 1 saturated carbocycles. The molecule has 2 amide bonds. The van der Waals surface area contributed by atoms with E-state index >= 15 is 0 Å². The molecule has 2 heterocycles. The van der Waals surface area contributed by atoms with Crippen LogP contribution in [-0.2, 0) is 11.3 Å². The Balaban J connectivity index is 1.62. The first-order valence-corrected chi connectivity index (χ1v) is 11.3. The van der Waals surface area contributed by atoms with Crippen molar-refractivity contribution in [3.63, 3.8) is 0 Å². The first-order chi connectivity index (χ1) is 17.2. The number of imide groups is 1. The molecule has 2 aromatic carbocycles. The summed E-state index contributed by atoms with van der Waals surface area (Å²) < 4.78 is 48.9. The van der Waals surface area contributed by atoms with Crippen molar-refractivity contribution in [2.24, 2.45) is 0 Å². The average molecular weight is 499 g/mol. The molecule has 0 unspecified atom stereocenters. The lowest BCUT2D eigenvalue weighted by atomic mass is 10.1. The largest absolute Gasteiger partial charge is 0.573 e. The first kappa shape index (κ1) is 23.6. The van der Waals surface area contributed by atoms with E-state index in [0.717, 1.165) is 17.0 Å². The van der Waals surface area contributed by atoms with Crippen LogP contribution >= 0.6 is 0 Å². The van der Waals surface area contributed by atoms with E-state index in [0.29, 0.717) is 29.7 Å². The number of rotatable bonds is 6. The van der Waals surface area contributed by atoms with Crippen molar-refractivity contribution < 1.29 is 37.0 Å². The third-order valence-electron chi connectivity index (χ3n) is 5.93. The van der Waals surface area contributed by atoms with Crippen LogP contribution < -0.4 is 4.74 Å². The maximum atomic E-state index is 13.6. The minimum Gasteiger partial charge on any atom is -0.462 e. The summed E-state index contributed by atoms with van der Waals surface area (Å²) in [7, 11) is 0. The van der Waals surface area contributed by atoms with E-state index < -0.39 is 29.9 Å². The van der Waals surface area contributed by atoms with Crippen molar-refractivity contribution in [1.29, 1.82) is 0 Å². The number of nitrogens with zero attached hydrogens (tertiary/aromatic N) is 3. The number of amides is 2. The lowest BCUT2D eigenvalue weighted by molar-refractivity contribution is -0.274. The fraction of sp³-hybridized carbons (Fsp3) is 0.280. The lowest BCUT2D eigenvalue weighted by Crippen LogP contribution is -2.32. The summed E-state index contributed by atoms with van der Waals surface area (Å²) in [6.07, 6.45) is -3.51. The Hall–Kier alpha value is -4.15. The summed E-state index contributed by atoms with van der Waals surface area (Å²) in [5.74, 6) is -2.73. The van der Waals surface area contributed by atoms with Gasteiger partial charge in [-0.1, -0.05) is 24.3 Å². The molecule has 1 aliphatic carbocycles. The number of benzene rings is 2.